The van der Waals surface area contributed by atoms with E-state index in [2.05, 4.69) is 4.90 Å². The van der Waals surface area contributed by atoms with Gasteiger partial charge >= 0.3 is 0 Å². The number of carbonyl (C=O) groups is 2. The fourth-order valence-electron chi connectivity index (χ4n) is 2.02. The molecule has 4 nitrogen and oxygen atoms in total. The highest BCUT2D eigenvalue weighted by Crippen LogP contribution is 2.23. The molecule has 1 aromatic heterocycles. The van der Waals surface area contributed by atoms with Crippen molar-refractivity contribution in [2.24, 2.45) is 0 Å². The van der Waals surface area contributed by atoms with Gasteiger partial charge in [-0.05, 0) is 19.2 Å². The molecule has 1 fully saturated rings. The van der Waals surface area contributed by atoms with E-state index in [0.29, 0.717) is 9.21 Å². The van der Waals surface area contributed by atoms with E-state index in [1.54, 1.807) is 12.1 Å². The van der Waals surface area contributed by atoms with Gasteiger partial charge in [-0.2, -0.15) is 0 Å². The number of Topliss-reactive ketones (excluding diaryl/α,β-unsaturated/α-hetero) is 1. The number of likely N-dealkylation sites (N-methyl/N-ethyl adjacent to an activating group) is 1. The summed E-state index contributed by atoms with van der Waals surface area (Å²) in [5.74, 6) is 0.0727. The average molecular weight is 301 g/mol. The molecule has 104 valence electrons. The number of nitrogens with zero attached hydrogens (tertiary/aromatic N) is 2. The van der Waals surface area contributed by atoms with Gasteiger partial charge in [-0.25, -0.2) is 0 Å². The molecule has 1 aliphatic heterocycles. The molecule has 6 heteroatoms. The zero-order valence-corrected chi connectivity index (χ0v) is 12.5. The fraction of sp³-hybridized carbons (Fsp3) is 0.538. The third kappa shape index (κ3) is 4.03. The number of rotatable bonds is 4. The van der Waals surface area contributed by atoms with Crippen LogP contribution in [0.3, 0.4) is 0 Å². The normalized spacial score (nSPS) is 16.6. The minimum absolute atomic E-state index is 0.000576. The number of thiophene rings is 1. The number of ketones is 1. The van der Waals surface area contributed by atoms with Gasteiger partial charge in [-0.3, -0.25) is 9.59 Å². The maximum Gasteiger partial charge on any atom is 0.223 e. The summed E-state index contributed by atoms with van der Waals surface area (Å²) in [6.07, 6.45) is 0.556. The van der Waals surface area contributed by atoms with Crippen molar-refractivity contribution in [2.75, 3.05) is 33.2 Å². The highest BCUT2D eigenvalue weighted by Gasteiger charge is 2.20. The molecule has 2 heterocycles. The van der Waals surface area contributed by atoms with Gasteiger partial charge in [0.15, 0.2) is 5.78 Å². The molecule has 0 N–H and O–H groups in total. The lowest BCUT2D eigenvalue weighted by molar-refractivity contribution is -0.132. The molecule has 0 unspecified atom stereocenters. The summed E-state index contributed by atoms with van der Waals surface area (Å²) in [6, 6.07) is 3.43. The molecule has 0 saturated carbocycles. The predicted octanol–water partition coefficient (Wildman–Crippen LogP) is 2.14. The Bertz CT molecular complexity index is 467. The van der Waals surface area contributed by atoms with Crippen LogP contribution in [-0.2, 0) is 4.79 Å². The maximum atomic E-state index is 12.0. The quantitative estimate of drug-likeness (QED) is 0.800. The molecule has 0 atom stereocenters. The first-order valence-corrected chi connectivity index (χ1v) is 7.50. The topological polar surface area (TPSA) is 40.6 Å². The second-order valence-electron chi connectivity index (χ2n) is 4.71. The first-order chi connectivity index (χ1) is 9.06. The molecule has 1 aliphatic rings. The fourth-order valence-corrected chi connectivity index (χ4v) is 3.03. The lowest BCUT2D eigenvalue weighted by atomic mass is 10.1. The lowest BCUT2D eigenvalue weighted by Crippen LogP contribution is -2.47. The van der Waals surface area contributed by atoms with Crippen LogP contribution in [-0.4, -0.2) is 54.7 Å². The number of hydrogen-bond acceptors (Lipinski definition) is 4. The van der Waals surface area contributed by atoms with Crippen molar-refractivity contribution >= 4 is 34.6 Å². The lowest BCUT2D eigenvalue weighted by Gasteiger charge is -2.32. The van der Waals surface area contributed by atoms with Gasteiger partial charge in [0.2, 0.25) is 5.91 Å². The molecule has 0 spiro atoms. The summed E-state index contributed by atoms with van der Waals surface area (Å²) in [5, 5.41) is 0. The average Bonchev–Trinajstić information content (AvgIpc) is 2.83. The number of carbonyl (C=O) groups excluding carboxylic acids is 2. The Morgan fingerprint density at radius 1 is 1.21 bits per heavy atom. The van der Waals surface area contributed by atoms with Crippen LogP contribution in [0.5, 0.6) is 0 Å². The van der Waals surface area contributed by atoms with Gasteiger partial charge < -0.3 is 9.80 Å². The summed E-state index contributed by atoms with van der Waals surface area (Å²) >= 11 is 7.06. The van der Waals surface area contributed by atoms with E-state index < -0.39 is 0 Å². The van der Waals surface area contributed by atoms with E-state index in [4.69, 9.17) is 11.6 Å². The Morgan fingerprint density at radius 3 is 2.47 bits per heavy atom. The second kappa shape index (κ2) is 6.50. The van der Waals surface area contributed by atoms with Crippen molar-refractivity contribution in [3.05, 3.63) is 21.3 Å². The standard InChI is InChI=1S/C13H17ClN2O2S/c1-15-6-8-16(9-7-15)13(18)5-2-10(17)11-3-4-12(14)19-11/h3-4H,2,5-9H2,1H3. The van der Waals surface area contributed by atoms with E-state index >= 15 is 0 Å². The van der Waals surface area contributed by atoms with Gasteiger partial charge in [-0.15, -0.1) is 11.3 Å². The van der Waals surface area contributed by atoms with Gasteiger partial charge in [0.25, 0.3) is 0 Å². The molecule has 0 aromatic carbocycles. The van der Waals surface area contributed by atoms with Crippen LogP contribution in [0.15, 0.2) is 12.1 Å². The van der Waals surface area contributed by atoms with E-state index in [-0.39, 0.29) is 24.5 Å². The number of piperazine rings is 1. The van der Waals surface area contributed by atoms with E-state index in [1.807, 2.05) is 11.9 Å². The monoisotopic (exact) mass is 300 g/mol. The second-order valence-corrected chi connectivity index (χ2v) is 6.43. The van der Waals surface area contributed by atoms with E-state index in [1.165, 1.54) is 11.3 Å². The smallest absolute Gasteiger partial charge is 0.223 e. The van der Waals surface area contributed by atoms with Crippen molar-refractivity contribution in [2.45, 2.75) is 12.8 Å². The van der Waals surface area contributed by atoms with E-state index in [9.17, 15) is 9.59 Å². The molecule has 2 rings (SSSR count). The van der Waals surface area contributed by atoms with Crippen molar-refractivity contribution in [3.8, 4) is 0 Å². The first kappa shape index (κ1) is 14.5. The van der Waals surface area contributed by atoms with Gasteiger partial charge in [0, 0.05) is 39.0 Å². The summed E-state index contributed by atoms with van der Waals surface area (Å²) in [6.45, 7) is 3.32. The Kier molecular flexibility index (Phi) is 4.96. The summed E-state index contributed by atoms with van der Waals surface area (Å²) in [5.41, 5.74) is 0. The Labute approximate surface area is 121 Å². The summed E-state index contributed by atoms with van der Waals surface area (Å²) in [4.78, 5) is 28.5. The van der Waals surface area contributed by atoms with Crippen molar-refractivity contribution in [3.63, 3.8) is 0 Å². The molecule has 1 saturated heterocycles. The molecule has 0 radical (unpaired) electrons. The van der Waals surface area contributed by atoms with Crippen molar-refractivity contribution in [1.29, 1.82) is 0 Å². The van der Waals surface area contributed by atoms with Crippen LogP contribution in [0.25, 0.3) is 0 Å². The summed E-state index contributed by atoms with van der Waals surface area (Å²) < 4.78 is 0.605. The number of hydrogen-bond donors (Lipinski definition) is 0. The van der Waals surface area contributed by atoms with Crippen LogP contribution < -0.4 is 0 Å². The van der Waals surface area contributed by atoms with Crippen molar-refractivity contribution < 1.29 is 9.59 Å². The van der Waals surface area contributed by atoms with Crippen LogP contribution in [0.4, 0.5) is 0 Å². The molecular weight excluding hydrogens is 284 g/mol. The molecule has 19 heavy (non-hydrogen) atoms. The molecule has 0 aliphatic carbocycles. The van der Waals surface area contributed by atoms with Gasteiger partial charge in [0.05, 0.1) is 9.21 Å². The zero-order chi connectivity index (χ0) is 13.8. The predicted molar refractivity (Wildman–Crippen MR) is 77.0 cm³/mol. The number of halogens is 1. The number of amides is 1. The Balaban J connectivity index is 1.79. The maximum absolute atomic E-state index is 12.0. The zero-order valence-electron chi connectivity index (χ0n) is 10.9. The summed E-state index contributed by atoms with van der Waals surface area (Å²) in [7, 11) is 2.05. The van der Waals surface area contributed by atoms with Crippen LogP contribution >= 0.6 is 22.9 Å². The third-order valence-corrected chi connectivity index (χ3v) is 4.54. The SMILES string of the molecule is CN1CCN(C(=O)CCC(=O)c2ccc(Cl)s2)CC1. The molecule has 1 aromatic rings. The van der Waals surface area contributed by atoms with Gasteiger partial charge in [-0.1, -0.05) is 11.6 Å². The van der Waals surface area contributed by atoms with E-state index in [0.717, 1.165) is 26.2 Å². The third-order valence-electron chi connectivity index (χ3n) is 3.27. The van der Waals surface area contributed by atoms with Gasteiger partial charge in [0.1, 0.15) is 0 Å². The minimum atomic E-state index is -0.000576. The highest BCUT2D eigenvalue weighted by molar-refractivity contribution is 7.18. The Hall–Kier alpha value is -0.910. The molecular formula is C13H17ClN2O2S. The first-order valence-electron chi connectivity index (χ1n) is 6.31. The Morgan fingerprint density at radius 2 is 1.89 bits per heavy atom. The largest absolute Gasteiger partial charge is 0.340 e. The van der Waals surface area contributed by atoms with Crippen LogP contribution in [0.1, 0.15) is 22.5 Å². The molecule has 1 amide bonds. The van der Waals surface area contributed by atoms with Crippen molar-refractivity contribution in [1.82, 2.24) is 9.80 Å². The molecule has 0 bridgehead atoms. The highest BCUT2D eigenvalue weighted by atomic mass is 35.5. The van der Waals surface area contributed by atoms with Crippen LogP contribution in [0.2, 0.25) is 4.34 Å². The minimum Gasteiger partial charge on any atom is -0.340 e. The van der Waals surface area contributed by atoms with Crippen LogP contribution in [0, 0.1) is 0 Å².